The second kappa shape index (κ2) is 5.48. The molecule has 0 amide bonds. The van der Waals surface area contributed by atoms with E-state index in [1.807, 2.05) is 54.6 Å². The van der Waals surface area contributed by atoms with Crippen LogP contribution in [0.4, 0.5) is 5.69 Å². The molecule has 3 rings (SSSR count). The van der Waals surface area contributed by atoms with Crippen molar-refractivity contribution in [2.75, 3.05) is 6.61 Å². The van der Waals surface area contributed by atoms with Crippen LogP contribution in [-0.2, 0) is 21.5 Å². The van der Waals surface area contributed by atoms with Crippen LogP contribution in [0.5, 0.6) is 0 Å². The predicted molar refractivity (Wildman–Crippen MR) is 79.4 cm³/mol. The van der Waals surface area contributed by atoms with Gasteiger partial charge in [-0.05, 0) is 18.6 Å². The van der Waals surface area contributed by atoms with Gasteiger partial charge in [-0.25, -0.2) is 4.79 Å². The van der Waals surface area contributed by atoms with Crippen molar-refractivity contribution < 1.29 is 9.53 Å². The van der Waals surface area contributed by atoms with E-state index in [9.17, 15) is 4.79 Å². The summed E-state index contributed by atoms with van der Waals surface area (Å²) in [4.78, 5) is 12.6. The van der Waals surface area contributed by atoms with Gasteiger partial charge in [0.2, 0.25) is 5.54 Å². The molecule has 0 spiro atoms. The van der Waals surface area contributed by atoms with Crippen LogP contribution in [0, 0.1) is 0 Å². The van der Waals surface area contributed by atoms with Crippen LogP contribution in [0.15, 0.2) is 64.8 Å². The lowest BCUT2D eigenvalue weighted by molar-refractivity contribution is -0.150. The van der Waals surface area contributed by atoms with E-state index in [2.05, 4.69) is 10.2 Å². The van der Waals surface area contributed by atoms with Crippen molar-refractivity contribution in [2.24, 2.45) is 10.2 Å². The standard InChI is InChI=1S/C17H16N2O2/c1-2-21-16(20)17(12-13-8-4-3-5-9-13)14-10-6-7-11-15(14)18-19-17/h3-11H,2,12H2,1H3. The molecule has 0 bridgehead atoms. The van der Waals surface area contributed by atoms with E-state index in [1.54, 1.807) is 6.92 Å². The second-order valence-electron chi connectivity index (χ2n) is 4.96. The fourth-order valence-corrected chi connectivity index (χ4v) is 2.60. The molecule has 0 saturated carbocycles. The first kappa shape index (κ1) is 13.5. The summed E-state index contributed by atoms with van der Waals surface area (Å²) in [5, 5.41) is 8.48. The Morgan fingerprint density at radius 3 is 2.57 bits per heavy atom. The van der Waals surface area contributed by atoms with E-state index < -0.39 is 5.54 Å². The molecule has 2 aromatic rings. The van der Waals surface area contributed by atoms with Crippen LogP contribution < -0.4 is 0 Å². The van der Waals surface area contributed by atoms with Gasteiger partial charge in [-0.3, -0.25) is 0 Å². The summed E-state index contributed by atoms with van der Waals surface area (Å²) in [6.45, 7) is 2.12. The molecule has 0 N–H and O–H groups in total. The molecule has 0 fully saturated rings. The van der Waals surface area contributed by atoms with E-state index in [4.69, 9.17) is 4.74 Å². The number of ether oxygens (including phenoxy) is 1. The molecule has 0 aromatic heterocycles. The largest absolute Gasteiger partial charge is 0.464 e. The zero-order chi connectivity index (χ0) is 14.7. The third-order valence-electron chi connectivity index (χ3n) is 3.59. The van der Waals surface area contributed by atoms with E-state index >= 15 is 0 Å². The van der Waals surface area contributed by atoms with Crippen LogP contribution in [0.1, 0.15) is 18.1 Å². The number of carbonyl (C=O) groups excluding carboxylic acids is 1. The van der Waals surface area contributed by atoms with E-state index in [0.29, 0.717) is 13.0 Å². The molecule has 2 aromatic carbocycles. The minimum atomic E-state index is -1.06. The van der Waals surface area contributed by atoms with Gasteiger partial charge in [-0.15, -0.1) is 0 Å². The minimum Gasteiger partial charge on any atom is -0.464 e. The maximum Gasteiger partial charge on any atom is 0.341 e. The Morgan fingerprint density at radius 2 is 1.81 bits per heavy atom. The van der Waals surface area contributed by atoms with Crippen LogP contribution in [0.2, 0.25) is 0 Å². The lowest BCUT2D eigenvalue weighted by Crippen LogP contribution is -2.36. The molecule has 21 heavy (non-hydrogen) atoms. The average molecular weight is 280 g/mol. The summed E-state index contributed by atoms with van der Waals surface area (Å²) in [5.41, 5.74) is 1.52. The fourth-order valence-electron chi connectivity index (χ4n) is 2.60. The van der Waals surface area contributed by atoms with Crippen LogP contribution in [0.3, 0.4) is 0 Å². The second-order valence-corrected chi connectivity index (χ2v) is 4.96. The predicted octanol–water partition coefficient (Wildman–Crippen LogP) is 3.79. The quantitative estimate of drug-likeness (QED) is 0.800. The summed E-state index contributed by atoms with van der Waals surface area (Å²) < 4.78 is 5.27. The first-order valence-corrected chi connectivity index (χ1v) is 7.00. The molecule has 1 aliphatic heterocycles. The topological polar surface area (TPSA) is 51.0 Å². The Balaban J connectivity index is 2.06. The molecule has 0 aliphatic carbocycles. The van der Waals surface area contributed by atoms with Gasteiger partial charge in [0, 0.05) is 12.0 Å². The molecule has 4 nitrogen and oxygen atoms in total. The zero-order valence-corrected chi connectivity index (χ0v) is 11.8. The number of hydrogen-bond acceptors (Lipinski definition) is 4. The molecule has 1 unspecified atom stereocenters. The molecule has 1 atom stereocenters. The number of nitrogens with zero attached hydrogens (tertiary/aromatic N) is 2. The number of benzene rings is 2. The van der Waals surface area contributed by atoms with Crippen molar-refractivity contribution in [1.82, 2.24) is 0 Å². The lowest BCUT2D eigenvalue weighted by atomic mass is 9.84. The summed E-state index contributed by atoms with van der Waals surface area (Å²) in [7, 11) is 0. The zero-order valence-electron chi connectivity index (χ0n) is 11.8. The highest BCUT2D eigenvalue weighted by Gasteiger charge is 2.47. The highest BCUT2D eigenvalue weighted by molar-refractivity contribution is 5.86. The molecule has 0 radical (unpaired) electrons. The van der Waals surface area contributed by atoms with E-state index in [1.165, 1.54) is 0 Å². The van der Waals surface area contributed by atoms with Crippen LogP contribution >= 0.6 is 0 Å². The maximum atomic E-state index is 12.6. The number of carbonyl (C=O) groups is 1. The van der Waals surface area contributed by atoms with Gasteiger partial charge in [0.05, 0.1) is 12.3 Å². The summed E-state index contributed by atoms with van der Waals surface area (Å²) in [6, 6.07) is 17.4. The molecule has 4 heteroatoms. The molecule has 1 heterocycles. The SMILES string of the molecule is CCOC(=O)C1(Cc2ccccc2)N=Nc2ccccc21. The van der Waals surface area contributed by atoms with Crippen molar-refractivity contribution in [1.29, 1.82) is 0 Å². The van der Waals surface area contributed by atoms with E-state index in [0.717, 1.165) is 16.8 Å². The Labute approximate surface area is 123 Å². The summed E-state index contributed by atoms with van der Waals surface area (Å²) in [5.74, 6) is -0.345. The fraction of sp³-hybridized carbons (Fsp3) is 0.235. The van der Waals surface area contributed by atoms with Crippen molar-refractivity contribution in [3.63, 3.8) is 0 Å². The van der Waals surface area contributed by atoms with Gasteiger partial charge in [0.15, 0.2) is 0 Å². The third kappa shape index (κ3) is 2.33. The average Bonchev–Trinajstić information content (AvgIpc) is 2.89. The Hall–Kier alpha value is -2.49. The third-order valence-corrected chi connectivity index (χ3v) is 3.59. The van der Waals surface area contributed by atoms with Crippen LogP contribution in [0.25, 0.3) is 0 Å². The van der Waals surface area contributed by atoms with Gasteiger partial charge in [-0.1, -0.05) is 48.5 Å². The van der Waals surface area contributed by atoms with Gasteiger partial charge < -0.3 is 4.74 Å². The van der Waals surface area contributed by atoms with Crippen molar-refractivity contribution in [2.45, 2.75) is 18.9 Å². The number of fused-ring (bicyclic) bond motifs is 1. The lowest BCUT2D eigenvalue weighted by Gasteiger charge is -2.23. The molecular weight excluding hydrogens is 264 g/mol. The first-order valence-electron chi connectivity index (χ1n) is 7.00. The number of azo groups is 1. The molecule has 106 valence electrons. The summed E-state index contributed by atoms with van der Waals surface area (Å²) >= 11 is 0. The highest BCUT2D eigenvalue weighted by atomic mass is 16.5. The smallest absolute Gasteiger partial charge is 0.341 e. The van der Waals surface area contributed by atoms with Gasteiger partial charge in [0.1, 0.15) is 0 Å². The van der Waals surface area contributed by atoms with Gasteiger partial charge >= 0.3 is 5.97 Å². The number of hydrogen-bond donors (Lipinski definition) is 0. The first-order chi connectivity index (χ1) is 10.3. The van der Waals surface area contributed by atoms with Gasteiger partial charge in [-0.2, -0.15) is 10.2 Å². The highest BCUT2D eigenvalue weighted by Crippen LogP contribution is 2.43. The minimum absolute atomic E-state index is 0.326. The number of esters is 1. The van der Waals surface area contributed by atoms with Crippen molar-refractivity contribution in [3.05, 3.63) is 65.7 Å². The van der Waals surface area contributed by atoms with Crippen molar-refractivity contribution >= 4 is 11.7 Å². The Bertz CT molecular complexity index is 682. The molecule has 0 saturated heterocycles. The van der Waals surface area contributed by atoms with E-state index in [-0.39, 0.29) is 5.97 Å². The molecular formula is C17H16N2O2. The Morgan fingerprint density at radius 1 is 1.10 bits per heavy atom. The number of rotatable bonds is 4. The summed E-state index contributed by atoms with van der Waals surface area (Å²) in [6.07, 6.45) is 0.452. The normalized spacial score (nSPS) is 19.3. The Kier molecular flexibility index (Phi) is 3.52. The van der Waals surface area contributed by atoms with Gasteiger partial charge in [0.25, 0.3) is 0 Å². The monoisotopic (exact) mass is 280 g/mol. The van der Waals surface area contributed by atoms with Crippen molar-refractivity contribution in [3.8, 4) is 0 Å². The maximum absolute atomic E-state index is 12.6. The molecule has 1 aliphatic rings. The van der Waals surface area contributed by atoms with Crippen LogP contribution in [-0.4, -0.2) is 12.6 Å².